The Morgan fingerprint density at radius 3 is 2.00 bits per heavy atom. The van der Waals surface area contributed by atoms with Gasteiger partial charge in [-0.05, 0) is 12.8 Å². The third-order valence-corrected chi connectivity index (χ3v) is 1.74. The van der Waals surface area contributed by atoms with Gasteiger partial charge in [-0.2, -0.15) is 0 Å². The maximum Gasteiger partial charge on any atom is 0.0822 e. The van der Waals surface area contributed by atoms with Crippen molar-refractivity contribution in [2.24, 2.45) is 0 Å². The number of methoxy groups -OCH3 is 1. The van der Waals surface area contributed by atoms with Gasteiger partial charge in [0.2, 0.25) is 0 Å². The zero-order valence-corrected chi connectivity index (χ0v) is 7.47. The summed E-state index contributed by atoms with van der Waals surface area (Å²) in [5.41, 5.74) is 0. The minimum absolute atomic E-state index is 0.0953. The maximum atomic E-state index is 10.0. The van der Waals surface area contributed by atoms with Gasteiger partial charge in [0.25, 0.3) is 0 Å². The minimum Gasteiger partial charge on any atom is -0.385 e. The summed E-state index contributed by atoms with van der Waals surface area (Å²) in [6.45, 7) is 0.972. The standard InChI is InChI=1S/C9H19O2/c1-11-9-7-5-3-2-4-6-8-10/h2-9H2,1H3. The molecule has 1 radical (unpaired) electrons. The molecule has 0 fully saturated rings. The Labute approximate surface area is 69.6 Å². The average molecular weight is 159 g/mol. The second-order valence-corrected chi connectivity index (χ2v) is 2.82. The normalized spacial score (nSPS) is 10.4. The van der Waals surface area contributed by atoms with Crippen LogP contribution in [0, 0.1) is 0 Å². The van der Waals surface area contributed by atoms with Crippen LogP contribution >= 0.6 is 0 Å². The molecule has 0 N–H and O–H groups in total. The highest BCUT2D eigenvalue weighted by Crippen LogP contribution is 2.04. The van der Waals surface area contributed by atoms with Gasteiger partial charge in [0.15, 0.2) is 0 Å². The van der Waals surface area contributed by atoms with E-state index < -0.39 is 0 Å². The van der Waals surface area contributed by atoms with Crippen molar-refractivity contribution in [1.82, 2.24) is 0 Å². The lowest BCUT2D eigenvalue weighted by Gasteiger charge is -1.99. The molecule has 0 unspecified atom stereocenters. The number of unbranched alkanes of at least 4 members (excludes halogenated alkanes) is 5. The monoisotopic (exact) mass is 159 g/mol. The summed E-state index contributed by atoms with van der Waals surface area (Å²) >= 11 is 0. The van der Waals surface area contributed by atoms with Gasteiger partial charge in [-0.1, -0.05) is 25.7 Å². The molecule has 2 nitrogen and oxygen atoms in total. The third-order valence-electron chi connectivity index (χ3n) is 1.74. The van der Waals surface area contributed by atoms with Gasteiger partial charge in [0.1, 0.15) is 0 Å². The highest BCUT2D eigenvalue weighted by Gasteiger charge is 1.89. The van der Waals surface area contributed by atoms with Crippen molar-refractivity contribution in [3.63, 3.8) is 0 Å². The molecule has 2 heteroatoms. The van der Waals surface area contributed by atoms with E-state index in [1.54, 1.807) is 7.11 Å². The molecule has 0 aliphatic carbocycles. The Morgan fingerprint density at radius 2 is 1.45 bits per heavy atom. The molecule has 0 heterocycles. The Balaban J connectivity index is 2.69. The van der Waals surface area contributed by atoms with Crippen LogP contribution < -0.4 is 0 Å². The van der Waals surface area contributed by atoms with Gasteiger partial charge in [-0.15, -0.1) is 0 Å². The zero-order valence-electron chi connectivity index (χ0n) is 7.47. The second-order valence-electron chi connectivity index (χ2n) is 2.82. The molecule has 0 saturated heterocycles. The van der Waals surface area contributed by atoms with Gasteiger partial charge in [0, 0.05) is 13.7 Å². The first kappa shape index (κ1) is 10.9. The fourth-order valence-electron chi connectivity index (χ4n) is 1.06. The van der Waals surface area contributed by atoms with Gasteiger partial charge in [-0.25, -0.2) is 5.11 Å². The lowest BCUT2D eigenvalue weighted by atomic mass is 10.1. The molecular formula is C9H19O2. The Kier molecular flexibility index (Phi) is 9.85. The first-order valence-electron chi connectivity index (χ1n) is 4.49. The van der Waals surface area contributed by atoms with E-state index >= 15 is 0 Å². The van der Waals surface area contributed by atoms with E-state index in [9.17, 15) is 5.11 Å². The molecule has 0 atom stereocenters. The Morgan fingerprint density at radius 1 is 0.909 bits per heavy atom. The fraction of sp³-hybridized carbons (Fsp3) is 1.00. The van der Waals surface area contributed by atoms with E-state index in [1.807, 2.05) is 0 Å². The van der Waals surface area contributed by atoms with Crippen molar-refractivity contribution in [2.75, 3.05) is 20.3 Å². The van der Waals surface area contributed by atoms with Crippen LogP contribution in [0.2, 0.25) is 0 Å². The number of rotatable bonds is 8. The van der Waals surface area contributed by atoms with E-state index in [0.717, 1.165) is 25.9 Å². The lowest BCUT2D eigenvalue weighted by molar-refractivity contribution is 0.183. The van der Waals surface area contributed by atoms with E-state index in [1.165, 1.54) is 19.3 Å². The summed E-state index contributed by atoms with van der Waals surface area (Å²) in [6.07, 6.45) is 6.83. The van der Waals surface area contributed by atoms with Crippen molar-refractivity contribution in [3.8, 4) is 0 Å². The van der Waals surface area contributed by atoms with Crippen molar-refractivity contribution in [1.29, 1.82) is 0 Å². The van der Waals surface area contributed by atoms with Gasteiger partial charge in [0.05, 0.1) is 6.61 Å². The summed E-state index contributed by atoms with van der Waals surface area (Å²) < 4.78 is 4.92. The average Bonchev–Trinajstić information content (AvgIpc) is 2.03. The summed E-state index contributed by atoms with van der Waals surface area (Å²) in [7, 11) is 1.73. The first-order valence-corrected chi connectivity index (χ1v) is 4.49. The van der Waals surface area contributed by atoms with E-state index in [2.05, 4.69) is 0 Å². The third kappa shape index (κ3) is 9.92. The lowest BCUT2D eigenvalue weighted by Crippen LogP contribution is -1.88. The number of hydrogen-bond donors (Lipinski definition) is 0. The van der Waals surface area contributed by atoms with E-state index in [0.29, 0.717) is 0 Å². The number of ether oxygens (including phenoxy) is 1. The molecule has 0 aromatic carbocycles. The van der Waals surface area contributed by atoms with Crippen molar-refractivity contribution < 1.29 is 9.84 Å². The molecule has 0 amide bonds. The number of hydrogen-bond acceptors (Lipinski definition) is 1. The van der Waals surface area contributed by atoms with Gasteiger partial charge >= 0.3 is 0 Å². The first-order chi connectivity index (χ1) is 5.41. The van der Waals surface area contributed by atoms with Gasteiger partial charge in [-0.3, -0.25) is 0 Å². The topological polar surface area (TPSA) is 29.1 Å². The SMILES string of the molecule is COCCCCCCCC[O]. The highest BCUT2D eigenvalue weighted by molar-refractivity contribution is 4.43. The van der Waals surface area contributed by atoms with Crippen molar-refractivity contribution in [2.45, 2.75) is 38.5 Å². The summed E-state index contributed by atoms with van der Waals surface area (Å²) in [6, 6.07) is 0. The molecular weight excluding hydrogens is 140 g/mol. The van der Waals surface area contributed by atoms with Crippen LogP contribution in [-0.2, 0) is 9.84 Å². The van der Waals surface area contributed by atoms with E-state index in [4.69, 9.17) is 4.74 Å². The molecule has 67 valence electrons. The molecule has 0 spiro atoms. The Bertz CT molecular complexity index is 56.6. The van der Waals surface area contributed by atoms with Crippen LogP contribution in [-0.4, -0.2) is 20.3 Å². The molecule has 0 aliphatic rings. The Hall–Kier alpha value is -0.0800. The smallest absolute Gasteiger partial charge is 0.0822 e. The molecule has 0 rings (SSSR count). The molecule has 0 aromatic heterocycles. The molecule has 11 heavy (non-hydrogen) atoms. The summed E-state index contributed by atoms with van der Waals surface area (Å²) in [5, 5.41) is 10.0. The van der Waals surface area contributed by atoms with Crippen LogP contribution in [0.25, 0.3) is 0 Å². The van der Waals surface area contributed by atoms with Crippen molar-refractivity contribution >= 4 is 0 Å². The highest BCUT2D eigenvalue weighted by atomic mass is 16.5. The quantitative estimate of drug-likeness (QED) is 0.500. The molecule has 0 bridgehead atoms. The second kappa shape index (κ2) is 9.92. The van der Waals surface area contributed by atoms with E-state index in [-0.39, 0.29) is 6.61 Å². The van der Waals surface area contributed by atoms with Gasteiger partial charge < -0.3 is 4.74 Å². The largest absolute Gasteiger partial charge is 0.385 e. The minimum atomic E-state index is 0.0953. The van der Waals surface area contributed by atoms with Crippen LogP contribution in [0.3, 0.4) is 0 Å². The fourth-order valence-corrected chi connectivity index (χ4v) is 1.06. The summed E-state index contributed by atoms with van der Waals surface area (Å²) in [4.78, 5) is 0. The summed E-state index contributed by atoms with van der Waals surface area (Å²) in [5.74, 6) is 0. The van der Waals surface area contributed by atoms with Crippen LogP contribution in [0.1, 0.15) is 38.5 Å². The van der Waals surface area contributed by atoms with Crippen LogP contribution in [0.4, 0.5) is 0 Å². The molecule has 0 aliphatic heterocycles. The molecule has 0 aromatic rings. The van der Waals surface area contributed by atoms with Crippen molar-refractivity contribution in [3.05, 3.63) is 0 Å². The predicted octanol–water partition coefficient (Wildman–Crippen LogP) is 2.40. The van der Waals surface area contributed by atoms with Crippen LogP contribution in [0.5, 0.6) is 0 Å². The maximum absolute atomic E-state index is 10.0. The molecule has 0 saturated carbocycles. The zero-order chi connectivity index (χ0) is 8.36. The predicted molar refractivity (Wildman–Crippen MR) is 45.1 cm³/mol. The van der Waals surface area contributed by atoms with Crippen LogP contribution in [0.15, 0.2) is 0 Å².